The van der Waals surface area contributed by atoms with E-state index < -0.39 is 17.7 Å². The minimum Gasteiger partial charge on any atom is -0.478 e. The Balaban J connectivity index is 2.40. The fraction of sp³-hybridized carbons (Fsp3) is 0.0769. The van der Waals surface area contributed by atoms with Crippen LogP contribution in [0.5, 0.6) is 0 Å². The number of nitrogen functional groups attached to an aromatic ring is 1. The molecule has 0 saturated carbocycles. The molecule has 0 atom stereocenters. The molecule has 1 aromatic carbocycles. The van der Waals surface area contributed by atoms with Gasteiger partial charge in [0.2, 0.25) is 0 Å². The molecule has 20 heavy (non-hydrogen) atoms. The van der Waals surface area contributed by atoms with Crippen LogP contribution in [-0.4, -0.2) is 16.1 Å². The molecule has 0 saturated heterocycles. The van der Waals surface area contributed by atoms with Gasteiger partial charge in [-0.15, -0.1) is 0 Å². The molecule has 3 N–H and O–H groups in total. The van der Waals surface area contributed by atoms with Gasteiger partial charge in [0.25, 0.3) is 0 Å². The van der Waals surface area contributed by atoms with Gasteiger partial charge >= 0.3 is 12.1 Å². The van der Waals surface area contributed by atoms with Gasteiger partial charge in [0.05, 0.1) is 22.5 Å². The molecular formula is C13H9F3N2O2. The minimum atomic E-state index is -4.41. The fourth-order valence-corrected chi connectivity index (χ4v) is 1.66. The van der Waals surface area contributed by atoms with Crippen molar-refractivity contribution >= 4 is 11.7 Å². The van der Waals surface area contributed by atoms with Crippen molar-refractivity contribution in [3.63, 3.8) is 0 Å². The van der Waals surface area contributed by atoms with Crippen LogP contribution in [0.25, 0.3) is 11.3 Å². The first-order valence-electron chi connectivity index (χ1n) is 5.45. The summed E-state index contributed by atoms with van der Waals surface area (Å²) in [6, 6.07) is 5.52. The quantitative estimate of drug-likeness (QED) is 0.887. The van der Waals surface area contributed by atoms with E-state index in [0.29, 0.717) is 5.56 Å². The van der Waals surface area contributed by atoms with Crippen LogP contribution in [0.4, 0.5) is 18.9 Å². The zero-order chi connectivity index (χ0) is 14.9. The summed E-state index contributed by atoms with van der Waals surface area (Å²) >= 11 is 0. The monoisotopic (exact) mass is 282 g/mol. The van der Waals surface area contributed by atoms with Crippen molar-refractivity contribution in [2.24, 2.45) is 0 Å². The van der Waals surface area contributed by atoms with E-state index in [0.717, 1.165) is 18.3 Å². The Morgan fingerprint density at radius 1 is 1.20 bits per heavy atom. The van der Waals surface area contributed by atoms with Gasteiger partial charge in [-0.2, -0.15) is 13.2 Å². The Morgan fingerprint density at radius 2 is 1.80 bits per heavy atom. The van der Waals surface area contributed by atoms with Crippen LogP contribution in [0.1, 0.15) is 15.9 Å². The average Bonchev–Trinajstić information content (AvgIpc) is 2.37. The van der Waals surface area contributed by atoms with Gasteiger partial charge in [-0.25, -0.2) is 4.79 Å². The highest BCUT2D eigenvalue weighted by Gasteiger charge is 2.30. The van der Waals surface area contributed by atoms with Crippen molar-refractivity contribution < 1.29 is 23.1 Å². The Hall–Kier alpha value is -2.57. The molecule has 0 aliphatic rings. The second kappa shape index (κ2) is 4.84. The molecule has 104 valence electrons. The Labute approximate surface area is 111 Å². The lowest BCUT2D eigenvalue weighted by molar-refractivity contribution is -0.137. The topological polar surface area (TPSA) is 76.2 Å². The summed E-state index contributed by atoms with van der Waals surface area (Å²) in [5, 5.41) is 8.78. The number of hydrogen-bond acceptors (Lipinski definition) is 3. The Morgan fingerprint density at radius 3 is 2.25 bits per heavy atom. The van der Waals surface area contributed by atoms with E-state index in [9.17, 15) is 18.0 Å². The number of nitrogens with two attached hydrogens (primary N) is 1. The van der Waals surface area contributed by atoms with E-state index in [1.54, 1.807) is 0 Å². The molecule has 0 aliphatic heterocycles. The number of benzene rings is 1. The first-order valence-corrected chi connectivity index (χ1v) is 5.45. The fourth-order valence-electron chi connectivity index (χ4n) is 1.66. The van der Waals surface area contributed by atoms with Crippen LogP contribution in [-0.2, 0) is 6.18 Å². The minimum absolute atomic E-state index is 0.0850. The van der Waals surface area contributed by atoms with Crippen LogP contribution in [0, 0.1) is 0 Å². The lowest BCUT2D eigenvalue weighted by Gasteiger charge is -2.09. The van der Waals surface area contributed by atoms with Gasteiger partial charge in [-0.3, -0.25) is 4.98 Å². The van der Waals surface area contributed by atoms with Crippen molar-refractivity contribution in [3.05, 3.63) is 47.7 Å². The van der Waals surface area contributed by atoms with Gasteiger partial charge in [0.15, 0.2) is 0 Å². The summed E-state index contributed by atoms with van der Waals surface area (Å²) in [5.41, 5.74) is 5.52. The van der Waals surface area contributed by atoms with Gasteiger partial charge in [-0.05, 0) is 18.2 Å². The number of carboxylic acid groups (broad SMARTS) is 1. The predicted molar refractivity (Wildman–Crippen MR) is 66.0 cm³/mol. The SMILES string of the molecule is Nc1cc(C(=O)O)cnc1-c1ccc(C(F)(F)F)cc1. The average molecular weight is 282 g/mol. The van der Waals surface area contributed by atoms with E-state index in [1.807, 2.05) is 0 Å². The number of halogens is 3. The second-order valence-electron chi connectivity index (χ2n) is 4.04. The van der Waals surface area contributed by atoms with Crippen molar-refractivity contribution in [1.29, 1.82) is 0 Å². The molecule has 0 amide bonds. The molecule has 7 heteroatoms. The van der Waals surface area contributed by atoms with Crippen molar-refractivity contribution in [3.8, 4) is 11.3 Å². The molecule has 0 radical (unpaired) electrons. The molecule has 0 bridgehead atoms. The van der Waals surface area contributed by atoms with Crippen molar-refractivity contribution in [2.75, 3.05) is 5.73 Å². The molecule has 2 aromatic rings. The van der Waals surface area contributed by atoms with E-state index in [2.05, 4.69) is 4.98 Å². The molecule has 0 spiro atoms. The van der Waals surface area contributed by atoms with E-state index in [-0.39, 0.29) is 16.9 Å². The van der Waals surface area contributed by atoms with E-state index >= 15 is 0 Å². The molecule has 0 unspecified atom stereocenters. The molecule has 0 aliphatic carbocycles. The first-order chi connectivity index (χ1) is 9.29. The molecule has 1 heterocycles. The predicted octanol–water partition coefficient (Wildman–Crippen LogP) is 3.05. The first kappa shape index (κ1) is 13.9. The van der Waals surface area contributed by atoms with Gasteiger partial charge in [0, 0.05) is 11.8 Å². The third-order valence-corrected chi connectivity index (χ3v) is 2.65. The van der Waals surface area contributed by atoms with Crippen LogP contribution >= 0.6 is 0 Å². The number of anilines is 1. The Bertz CT molecular complexity index is 652. The second-order valence-corrected chi connectivity index (χ2v) is 4.04. The summed E-state index contributed by atoms with van der Waals surface area (Å²) in [6.45, 7) is 0. The highest BCUT2D eigenvalue weighted by atomic mass is 19.4. The number of aromatic carboxylic acids is 1. The molecule has 4 nitrogen and oxygen atoms in total. The van der Waals surface area contributed by atoms with Gasteiger partial charge < -0.3 is 10.8 Å². The lowest BCUT2D eigenvalue weighted by Crippen LogP contribution is -2.05. The molecule has 1 aromatic heterocycles. The highest BCUT2D eigenvalue weighted by Crippen LogP contribution is 2.31. The van der Waals surface area contributed by atoms with Gasteiger partial charge in [0.1, 0.15) is 0 Å². The number of alkyl halides is 3. The summed E-state index contributed by atoms with van der Waals surface area (Å²) in [4.78, 5) is 14.6. The van der Waals surface area contributed by atoms with Crippen LogP contribution in [0.2, 0.25) is 0 Å². The van der Waals surface area contributed by atoms with Crippen LogP contribution in [0.3, 0.4) is 0 Å². The summed E-state index contributed by atoms with van der Waals surface area (Å²) < 4.78 is 37.3. The normalized spacial score (nSPS) is 11.3. The van der Waals surface area contributed by atoms with Gasteiger partial charge in [-0.1, -0.05) is 12.1 Å². The van der Waals surface area contributed by atoms with Crippen LogP contribution in [0.15, 0.2) is 36.5 Å². The third-order valence-electron chi connectivity index (χ3n) is 2.65. The number of aromatic nitrogens is 1. The van der Waals surface area contributed by atoms with E-state index in [4.69, 9.17) is 10.8 Å². The van der Waals surface area contributed by atoms with Crippen LogP contribution < -0.4 is 5.73 Å². The van der Waals surface area contributed by atoms with Crippen molar-refractivity contribution in [1.82, 2.24) is 4.98 Å². The summed E-state index contributed by atoms with van der Waals surface area (Å²) in [6.07, 6.45) is -3.31. The number of rotatable bonds is 2. The summed E-state index contributed by atoms with van der Waals surface area (Å²) in [5.74, 6) is -1.18. The number of carbonyl (C=O) groups is 1. The number of hydrogen-bond donors (Lipinski definition) is 2. The standard InChI is InChI=1S/C13H9F3N2O2/c14-13(15,16)9-3-1-7(2-4-9)11-10(17)5-8(6-18-11)12(19)20/h1-6H,17H2,(H,19,20). The van der Waals surface area contributed by atoms with Crippen molar-refractivity contribution in [2.45, 2.75) is 6.18 Å². The number of pyridine rings is 1. The molecule has 2 rings (SSSR count). The molecular weight excluding hydrogens is 273 g/mol. The third kappa shape index (κ3) is 2.71. The maximum Gasteiger partial charge on any atom is 0.416 e. The zero-order valence-corrected chi connectivity index (χ0v) is 9.98. The summed E-state index contributed by atoms with van der Waals surface area (Å²) in [7, 11) is 0. The maximum atomic E-state index is 12.4. The maximum absolute atomic E-state index is 12.4. The molecule has 0 fully saturated rings. The largest absolute Gasteiger partial charge is 0.478 e. The number of nitrogens with zero attached hydrogens (tertiary/aromatic N) is 1. The Kier molecular flexibility index (Phi) is 3.35. The smallest absolute Gasteiger partial charge is 0.416 e. The van der Waals surface area contributed by atoms with E-state index in [1.165, 1.54) is 18.2 Å². The highest BCUT2D eigenvalue weighted by molar-refractivity contribution is 5.89. The number of carboxylic acids is 1. The lowest BCUT2D eigenvalue weighted by atomic mass is 10.1. The zero-order valence-electron chi connectivity index (χ0n) is 9.98.